The normalized spacial score (nSPS) is 20.2. The van der Waals surface area contributed by atoms with E-state index in [4.69, 9.17) is 0 Å². The van der Waals surface area contributed by atoms with E-state index in [1.54, 1.807) is 15.5 Å². The maximum absolute atomic E-state index is 2.56. The van der Waals surface area contributed by atoms with Crippen LogP contribution in [0.5, 0.6) is 0 Å². The molecule has 0 nitrogen and oxygen atoms in total. The molecule has 0 N–H and O–H groups in total. The number of rotatable bonds is 1. The van der Waals surface area contributed by atoms with Crippen LogP contribution < -0.4 is 4.40 Å². The second-order valence-electron chi connectivity index (χ2n) is 4.84. The fourth-order valence-corrected chi connectivity index (χ4v) is 12.0. The molecule has 0 bridgehead atoms. The van der Waals surface area contributed by atoms with Crippen molar-refractivity contribution in [2.24, 2.45) is 0 Å². The summed E-state index contributed by atoms with van der Waals surface area (Å²) >= 11 is -1.69. The molecule has 0 saturated heterocycles. The summed E-state index contributed by atoms with van der Waals surface area (Å²) in [6.45, 7) is 4.63. The van der Waals surface area contributed by atoms with Crippen molar-refractivity contribution in [2.45, 2.75) is 30.1 Å². The van der Waals surface area contributed by atoms with Crippen LogP contribution in [0.4, 0.5) is 0 Å². The first-order chi connectivity index (χ1) is 6.62. The van der Waals surface area contributed by atoms with Gasteiger partial charge in [0, 0.05) is 0 Å². The van der Waals surface area contributed by atoms with Gasteiger partial charge in [0.1, 0.15) is 0 Å². The van der Waals surface area contributed by atoms with Gasteiger partial charge in [-0.25, -0.2) is 0 Å². The minimum atomic E-state index is -1.69. The van der Waals surface area contributed by atoms with Crippen molar-refractivity contribution in [2.75, 3.05) is 0 Å². The van der Waals surface area contributed by atoms with Crippen molar-refractivity contribution in [3.8, 4) is 0 Å². The molecule has 2 rings (SSSR count). The van der Waals surface area contributed by atoms with E-state index in [0.717, 1.165) is 0 Å². The zero-order valence-electron chi connectivity index (χ0n) is 9.30. The van der Waals surface area contributed by atoms with E-state index in [2.05, 4.69) is 49.9 Å². The standard InChI is InChI=1S/C13H18Ge/c1-11-9-14(3,10-12(11)2)13-7-5-4-6-8-13/h4-8H,9-10H2,1-3H3. The van der Waals surface area contributed by atoms with Crippen LogP contribution in [0.15, 0.2) is 41.5 Å². The zero-order chi connectivity index (χ0) is 10.2. The number of allylic oxidation sites excluding steroid dienone is 2. The molecule has 0 unspecified atom stereocenters. The molecule has 0 saturated carbocycles. The third-order valence-corrected chi connectivity index (χ3v) is 12.6. The van der Waals surface area contributed by atoms with Crippen LogP contribution in [0.2, 0.25) is 16.3 Å². The molecule has 0 atom stereocenters. The summed E-state index contributed by atoms with van der Waals surface area (Å²) in [5, 5.41) is 2.83. The quantitative estimate of drug-likeness (QED) is 0.527. The molecule has 14 heavy (non-hydrogen) atoms. The Hall–Kier alpha value is -0.497. The van der Waals surface area contributed by atoms with Crippen LogP contribution in [0.1, 0.15) is 13.8 Å². The number of benzene rings is 1. The zero-order valence-corrected chi connectivity index (χ0v) is 11.4. The van der Waals surface area contributed by atoms with Gasteiger partial charge >= 0.3 is 89.3 Å². The second-order valence-corrected chi connectivity index (χ2v) is 14.1. The van der Waals surface area contributed by atoms with Gasteiger partial charge in [0.15, 0.2) is 0 Å². The summed E-state index contributed by atoms with van der Waals surface area (Å²) in [6, 6.07) is 11.2. The van der Waals surface area contributed by atoms with Gasteiger partial charge in [-0.3, -0.25) is 0 Å². The molecule has 0 spiro atoms. The second kappa shape index (κ2) is 3.58. The van der Waals surface area contributed by atoms with E-state index in [0.29, 0.717) is 0 Å². The van der Waals surface area contributed by atoms with Crippen LogP contribution in [0.3, 0.4) is 0 Å². The van der Waals surface area contributed by atoms with Crippen LogP contribution in [0.25, 0.3) is 0 Å². The Kier molecular flexibility index (Phi) is 2.56. The van der Waals surface area contributed by atoms with Crippen molar-refractivity contribution in [1.29, 1.82) is 0 Å². The van der Waals surface area contributed by atoms with E-state index in [1.807, 2.05) is 0 Å². The first-order valence-electron chi connectivity index (χ1n) is 5.32. The average Bonchev–Trinajstić information content (AvgIpc) is 2.44. The van der Waals surface area contributed by atoms with E-state index in [9.17, 15) is 0 Å². The molecule has 1 heteroatoms. The van der Waals surface area contributed by atoms with E-state index < -0.39 is 13.3 Å². The Morgan fingerprint density at radius 3 is 1.93 bits per heavy atom. The molecule has 74 valence electrons. The third-order valence-electron chi connectivity index (χ3n) is 3.51. The Balaban J connectivity index is 2.30. The van der Waals surface area contributed by atoms with Gasteiger partial charge < -0.3 is 0 Å². The van der Waals surface area contributed by atoms with Crippen molar-refractivity contribution < 1.29 is 0 Å². The summed E-state index contributed by atoms with van der Waals surface area (Å²) in [5.41, 5.74) is 3.33. The molecular weight excluding hydrogens is 229 g/mol. The van der Waals surface area contributed by atoms with Gasteiger partial charge in [-0.2, -0.15) is 0 Å². The van der Waals surface area contributed by atoms with Crippen molar-refractivity contribution in [1.82, 2.24) is 0 Å². The van der Waals surface area contributed by atoms with Crippen LogP contribution in [0, 0.1) is 0 Å². The van der Waals surface area contributed by atoms with Crippen molar-refractivity contribution in [3.63, 3.8) is 0 Å². The topological polar surface area (TPSA) is 0 Å². The monoisotopic (exact) mass is 248 g/mol. The van der Waals surface area contributed by atoms with Gasteiger partial charge in [-0.1, -0.05) is 0 Å². The number of hydrogen-bond donors (Lipinski definition) is 0. The van der Waals surface area contributed by atoms with E-state index >= 15 is 0 Å². The number of hydrogen-bond acceptors (Lipinski definition) is 0. The molecule has 1 aliphatic rings. The fraction of sp³-hybridized carbons (Fsp3) is 0.385. The Morgan fingerprint density at radius 1 is 0.929 bits per heavy atom. The van der Waals surface area contributed by atoms with E-state index in [1.165, 1.54) is 10.5 Å². The summed E-state index contributed by atoms with van der Waals surface area (Å²) in [5.74, 6) is 2.56. The van der Waals surface area contributed by atoms with Crippen LogP contribution in [-0.4, -0.2) is 13.3 Å². The Labute approximate surface area is 89.4 Å². The van der Waals surface area contributed by atoms with Crippen molar-refractivity contribution >= 4 is 17.7 Å². The van der Waals surface area contributed by atoms with Gasteiger partial charge in [-0.05, 0) is 0 Å². The molecular formula is C13H18Ge. The van der Waals surface area contributed by atoms with Gasteiger partial charge in [-0.15, -0.1) is 0 Å². The summed E-state index contributed by atoms with van der Waals surface area (Å²) in [6.07, 6.45) is 0. The molecule has 0 amide bonds. The molecule has 0 aliphatic carbocycles. The molecule has 1 aliphatic heterocycles. The molecule has 0 radical (unpaired) electrons. The first-order valence-corrected chi connectivity index (χ1v) is 11.4. The SMILES string of the molecule is CC1=C(C)[CH2][Ge]([CH3])([c]2ccccc2)[CH2]1. The summed E-state index contributed by atoms with van der Waals surface area (Å²) in [7, 11) is 0. The van der Waals surface area contributed by atoms with Crippen molar-refractivity contribution in [3.05, 3.63) is 41.5 Å². The maximum atomic E-state index is 2.56. The first kappa shape index (κ1) is 10.0. The van der Waals surface area contributed by atoms with Crippen LogP contribution >= 0.6 is 0 Å². The van der Waals surface area contributed by atoms with Gasteiger partial charge in [0.05, 0.1) is 0 Å². The Bertz CT molecular complexity index is 348. The predicted molar refractivity (Wildman–Crippen MR) is 65.7 cm³/mol. The summed E-state index contributed by atoms with van der Waals surface area (Å²) in [4.78, 5) is 0. The molecule has 1 aromatic carbocycles. The Morgan fingerprint density at radius 2 is 1.43 bits per heavy atom. The van der Waals surface area contributed by atoms with Gasteiger partial charge in [0.2, 0.25) is 0 Å². The predicted octanol–water partition coefficient (Wildman–Crippen LogP) is 3.32. The summed E-state index contributed by atoms with van der Waals surface area (Å²) < 4.78 is 1.67. The molecule has 0 fully saturated rings. The molecule has 1 heterocycles. The third kappa shape index (κ3) is 1.68. The molecule has 0 aromatic heterocycles. The van der Waals surface area contributed by atoms with Gasteiger partial charge in [0.25, 0.3) is 0 Å². The minimum absolute atomic E-state index is 1.41. The fourth-order valence-electron chi connectivity index (χ4n) is 2.58. The molecule has 1 aromatic rings. The van der Waals surface area contributed by atoms with E-state index in [-0.39, 0.29) is 0 Å². The average molecular weight is 247 g/mol. The van der Waals surface area contributed by atoms with Crippen LogP contribution in [-0.2, 0) is 0 Å².